The molecule has 0 unspecified atom stereocenters. The van der Waals surface area contributed by atoms with Gasteiger partial charge in [0, 0.05) is 16.8 Å². The van der Waals surface area contributed by atoms with E-state index in [0.717, 1.165) is 0 Å². The molecule has 0 bridgehead atoms. The standard InChI is InChI=1S/C22H17FN2O4/c1-29-22(28)18-7-2-3-8-19(18)25-21(27)15-11-9-14(10-12-15)20(26)24-17-6-4-5-16(23)13-17/h2-13H,1H3,(H,24,26)(H,25,27). The third kappa shape index (κ3) is 4.84. The van der Waals surface area contributed by atoms with Crippen molar-refractivity contribution >= 4 is 29.2 Å². The molecular weight excluding hydrogens is 375 g/mol. The molecule has 3 aromatic rings. The van der Waals surface area contributed by atoms with Gasteiger partial charge in [-0.05, 0) is 54.6 Å². The summed E-state index contributed by atoms with van der Waals surface area (Å²) in [6.45, 7) is 0. The van der Waals surface area contributed by atoms with Crippen LogP contribution in [0.5, 0.6) is 0 Å². The number of para-hydroxylation sites is 1. The lowest BCUT2D eigenvalue weighted by molar-refractivity contribution is 0.0601. The second-order valence-corrected chi connectivity index (χ2v) is 6.03. The zero-order valence-corrected chi connectivity index (χ0v) is 15.4. The van der Waals surface area contributed by atoms with E-state index >= 15 is 0 Å². The zero-order valence-electron chi connectivity index (χ0n) is 15.4. The Hall–Kier alpha value is -4.00. The van der Waals surface area contributed by atoms with Crippen molar-refractivity contribution in [2.75, 3.05) is 17.7 Å². The van der Waals surface area contributed by atoms with E-state index in [2.05, 4.69) is 10.6 Å². The maximum atomic E-state index is 13.2. The van der Waals surface area contributed by atoms with Crippen LogP contribution >= 0.6 is 0 Å². The Morgan fingerprint density at radius 2 is 1.41 bits per heavy atom. The highest BCUT2D eigenvalue weighted by molar-refractivity contribution is 6.09. The van der Waals surface area contributed by atoms with Gasteiger partial charge in [-0.15, -0.1) is 0 Å². The molecule has 0 aliphatic heterocycles. The van der Waals surface area contributed by atoms with Crippen LogP contribution < -0.4 is 10.6 Å². The number of amides is 2. The van der Waals surface area contributed by atoms with E-state index in [-0.39, 0.29) is 5.56 Å². The minimum absolute atomic E-state index is 0.231. The summed E-state index contributed by atoms with van der Waals surface area (Å²) in [4.78, 5) is 36.5. The molecule has 0 heterocycles. The fourth-order valence-corrected chi connectivity index (χ4v) is 2.62. The summed E-state index contributed by atoms with van der Waals surface area (Å²) in [5.41, 5.74) is 1.48. The van der Waals surface area contributed by atoms with E-state index in [1.54, 1.807) is 30.3 Å². The average molecular weight is 392 g/mol. The number of benzene rings is 3. The normalized spacial score (nSPS) is 10.1. The largest absolute Gasteiger partial charge is 0.465 e. The molecule has 3 aromatic carbocycles. The molecule has 146 valence electrons. The first-order chi connectivity index (χ1) is 14.0. The number of halogens is 1. The molecule has 0 saturated heterocycles. The number of ether oxygens (including phenoxy) is 1. The number of esters is 1. The van der Waals surface area contributed by atoms with Crippen LogP contribution in [-0.4, -0.2) is 24.9 Å². The van der Waals surface area contributed by atoms with E-state index < -0.39 is 23.6 Å². The molecular formula is C22H17FN2O4. The van der Waals surface area contributed by atoms with E-state index in [4.69, 9.17) is 4.74 Å². The molecule has 6 nitrogen and oxygen atoms in total. The number of methoxy groups -OCH3 is 1. The molecule has 2 amide bonds. The van der Waals surface area contributed by atoms with Crippen LogP contribution in [-0.2, 0) is 4.74 Å². The summed E-state index contributed by atoms with van der Waals surface area (Å²) in [6, 6.07) is 18.0. The van der Waals surface area contributed by atoms with Crippen molar-refractivity contribution < 1.29 is 23.5 Å². The Labute approximate surface area is 166 Å². The highest BCUT2D eigenvalue weighted by atomic mass is 19.1. The van der Waals surface area contributed by atoms with Crippen molar-refractivity contribution in [3.8, 4) is 0 Å². The Balaban J connectivity index is 1.71. The maximum Gasteiger partial charge on any atom is 0.339 e. The average Bonchev–Trinajstić information content (AvgIpc) is 2.73. The van der Waals surface area contributed by atoms with Crippen molar-refractivity contribution in [3.05, 3.63) is 95.3 Å². The first-order valence-electron chi connectivity index (χ1n) is 8.63. The van der Waals surface area contributed by atoms with Gasteiger partial charge in [0.15, 0.2) is 0 Å². The van der Waals surface area contributed by atoms with Gasteiger partial charge in [-0.3, -0.25) is 9.59 Å². The quantitative estimate of drug-likeness (QED) is 0.640. The summed E-state index contributed by atoms with van der Waals surface area (Å²) in [5.74, 6) is -1.90. The summed E-state index contributed by atoms with van der Waals surface area (Å²) < 4.78 is 17.9. The molecule has 0 atom stereocenters. The van der Waals surface area contributed by atoms with Gasteiger partial charge >= 0.3 is 5.97 Å². The maximum absolute atomic E-state index is 13.2. The predicted octanol–water partition coefficient (Wildman–Crippen LogP) is 4.12. The van der Waals surface area contributed by atoms with Crippen LogP contribution in [0, 0.1) is 5.82 Å². The number of carbonyl (C=O) groups excluding carboxylic acids is 3. The van der Waals surface area contributed by atoms with Gasteiger partial charge in [0.25, 0.3) is 11.8 Å². The number of carbonyl (C=O) groups is 3. The lowest BCUT2D eigenvalue weighted by Gasteiger charge is -2.10. The third-order valence-electron chi connectivity index (χ3n) is 4.07. The van der Waals surface area contributed by atoms with Gasteiger partial charge in [0.1, 0.15) is 5.82 Å². The van der Waals surface area contributed by atoms with Crippen molar-refractivity contribution in [1.29, 1.82) is 0 Å². The molecule has 29 heavy (non-hydrogen) atoms. The molecule has 2 N–H and O–H groups in total. The number of hydrogen-bond donors (Lipinski definition) is 2. The van der Waals surface area contributed by atoms with E-state index in [1.807, 2.05) is 0 Å². The van der Waals surface area contributed by atoms with E-state index in [1.165, 1.54) is 49.6 Å². The van der Waals surface area contributed by atoms with Crippen LogP contribution in [0.25, 0.3) is 0 Å². The molecule has 0 fully saturated rings. The first-order valence-corrected chi connectivity index (χ1v) is 8.63. The van der Waals surface area contributed by atoms with E-state index in [0.29, 0.717) is 22.5 Å². The Bertz CT molecular complexity index is 1060. The van der Waals surface area contributed by atoms with E-state index in [9.17, 15) is 18.8 Å². The smallest absolute Gasteiger partial charge is 0.339 e. The van der Waals surface area contributed by atoms with Gasteiger partial charge in [-0.25, -0.2) is 9.18 Å². The van der Waals surface area contributed by atoms with Crippen LogP contribution in [0.2, 0.25) is 0 Å². The number of anilines is 2. The third-order valence-corrected chi connectivity index (χ3v) is 4.07. The fraction of sp³-hybridized carbons (Fsp3) is 0.0455. The highest BCUT2D eigenvalue weighted by Crippen LogP contribution is 2.18. The topological polar surface area (TPSA) is 84.5 Å². The molecule has 0 aromatic heterocycles. The molecule has 0 radical (unpaired) electrons. The van der Waals surface area contributed by atoms with Crippen molar-refractivity contribution in [1.82, 2.24) is 0 Å². The van der Waals surface area contributed by atoms with Gasteiger partial charge in [0.2, 0.25) is 0 Å². The van der Waals surface area contributed by atoms with Crippen LogP contribution in [0.3, 0.4) is 0 Å². The van der Waals surface area contributed by atoms with Crippen molar-refractivity contribution in [2.24, 2.45) is 0 Å². The summed E-state index contributed by atoms with van der Waals surface area (Å²) >= 11 is 0. The summed E-state index contributed by atoms with van der Waals surface area (Å²) in [6.07, 6.45) is 0. The second kappa shape index (κ2) is 8.79. The molecule has 0 aliphatic rings. The lowest BCUT2D eigenvalue weighted by Crippen LogP contribution is -2.16. The van der Waals surface area contributed by atoms with Crippen LogP contribution in [0.15, 0.2) is 72.8 Å². The second-order valence-electron chi connectivity index (χ2n) is 6.03. The fourth-order valence-electron chi connectivity index (χ4n) is 2.62. The summed E-state index contributed by atoms with van der Waals surface area (Å²) in [5, 5.41) is 5.24. The Morgan fingerprint density at radius 3 is 2.03 bits per heavy atom. The van der Waals surface area contributed by atoms with Gasteiger partial charge < -0.3 is 15.4 Å². The van der Waals surface area contributed by atoms with Crippen molar-refractivity contribution in [2.45, 2.75) is 0 Å². The highest BCUT2D eigenvalue weighted by Gasteiger charge is 2.15. The Kier molecular flexibility index (Phi) is 5.99. The SMILES string of the molecule is COC(=O)c1ccccc1NC(=O)c1ccc(C(=O)Nc2cccc(F)c2)cc1. The number of hydrogen-bond acceptors (Lipinski definition) is 4. The molecule has 0 saturated carbocycles. The van der Waals surface area contributed by atoms with Gasteiger partial charge in [-0.1, -0.05) is 18.2 Å². The lowest BCUT2D eigenvalue weighted by atomic mass is 10.1. The predicted molar refractivity (Wildman–Crippen MR) is 107 cm³/mol. The molecule has 0 spiro atoms. The first kappa shape index (κ1) is 19.8. The molecule has 7 heteroatoms. The minimum atomic E-state index is -0.565. The van der Waals surface area contributed by atoms with Crippen molar-refractivity contribution in [3.63, 3.8) is 0 Å². The van der Waals surface area contributed by atoms with Gasteiger partial charge in [0.05, 0.1) is 18.4 Å². The monoisotopic (exact) mass is 392 g/mol. The molecule has 3 rings (SSSR count). The minimum Gasteiger partial charge on any atom is -0.465 e. The summed E-state index contributed by atoms with van der Waals surface area (Å²) in [7, 11) is 1.26. The number of nitrogens with one attached hydrogen (secondary N) is 2. The zero-order chi connectivity index (χ0) is 20.8. The van der Waals surface area contributed by atoms with Crippen LogP contribution in [0.1, 0.15) is 31.1 Å². The Morgan fingerprint density at radius 1 is 0.793 bits per heavy atom. The number of rotatable bonds is 5. The van der Waals surface area contributed by atoms with Crippen LogP contribution in [0.4, 0.5) is 15.8 Å². The van der Waals surface area contributed by atoms with Gasteiger partial charge in [-0.2, -0.15) is 0 Å². The molecule has 0 aliphatic carbocycles.